The van der Waals surface area contributed by atoms with E-state index in [0.717, 1.165) is 24.0 Å². The molecule has 0 aliphatic carbocycles. The number of aromatic carboxylic acids is 1. The van der Waals surface area contributed by atoms with Gasteiger partial charge >= 0.3 is 5.97 Å². The second-order valence-corrected chi connectivity index (χ2v) is 5.49. The van der Waals surface area contributed by atoms with Gasteiger partial charge < -0.3 is 14.6 Å². The van der Waals surface area contributed by atoms with Crippen molar-refractivity contribution in [2.45, 2.75) is 33.0 Å². The SMILES string of the molecule is CCOC(CC)OCCc1ccc(-c2ccc(C(=O)O)cc2)cc1. The van der Waals surface area contributed by atoms with Gasteiger partial charge in [0, 0.05) is 6.61 Å². The predicted octanol–water partition coefficient (Wildman–Crippen LogP) is 4.38. The monoisotopic (exact) mass is 328 g/mol. The lowest BCUT2D eigenvalue weighted by molar-refractivity contribution is -0.139. The number of rotatable bonds is 9. The van der Waals surface area contributed by atoms with Gasteiger partial charge in [0.25, 0.3) is 0 Å². The molecule has 0 amide bonds. The van der Waals surface area contributed by atoms with Crippen molar-refractivity contribution in [2.75, 3.05) is 13.2 Å². The standard InChI is InChI=1S/C20H24O4/c1-3-19(23-4-2)24-14-13-15-5-7-16(8-6-15)17-9-11-18(12-10-17)20(21)22/h5-12,19H,3-4,13-14H2,1-2H3,(H,21,22). The van der Waals surface area contributed by atoms with E-state index in [1.165, 1.54) is 5.56 Å². The first kappa shape index (κ1) is 18.2. The number of carbonyl (C=O) groups is 1. The molecule has 0 radical (unpaired) electrons. The summed E-state index contributed by atoms with van der Waals surface area (Å²) in [5.41, 5.74) is 3.57. The van der Waals surface area contributed by atoms with Crippen molar-refractivity contribution in [1.82, 2.24) is 0 Å². The molecule has 128 valence electrons. The van der Waals surface area contributed by atoms with Gasteiger partial charge in [-0.3, -0.25) is 0 Å². The van der Waals surface area contributed by atoms with Gasteiger partial charge in [-0.2, -0.15) is 0 Å². The number of carboxylic acids is 1. The summed E-state index contributed by atoms with van der Waals surface area (Å²) in [5, 5.41) is 8.93. The summed E-state index contributed by atoms with van der Waals surface area (Å²) in [4.78, 5) is 10.9. The average molecular weight is 328 g/mol. The second-order valence-electron chi connectivity index (χ2n) is 5.49. The van der Waals surface area contributed by atoms with Crippen LogP contribution in [0.5, 0.6) is 0 Å². The van der Waals surface area contributed by atoms with E-state index in [0.29, 0.717) is 18.8 Å². The van der Waals surface area contributed by atoms with Gasteiger partial charge in [0.05, 0.1) is 12.2 Å². The summed E-state index contributed by atoms with van der Waals surface area (Å²) >= 11 is 0. The van der Waals surface area contributed by atoms with Crippen molar-refractivity contribution >= 4 is 5.97 Å². The third-order valence-electron chi connectivity index (χ3n) is 3.80. The molecule has 24 heavy (non-hydrogen) atoms. The fraction of sp³-hybridized carbons (Fsp3) is 0.350. The Morgan fingerprint density at radius 3 is 2.04 bits per heavy atom. The molecular weight excluding hydrogens is 304 g/mol. The Morgan fingerprint density at radius 2 is 1.54 bits per heavy atom. The molecule has 0 aliphatic rings. The maximum absolute atomic E-state index is 10.9. The smallest absolute Gasteiger partial charge is 0.335 e. The second kappa shape index (κ2) is 9.21. The van der Waals surface area contributed by atoms with Crippen LogP contribution >= 0.6 is 0 Å². The summed E-state index contributed by atoms with van der Waals surface area (Å²) in [5.74, 6) is -0.908. The highest BCUT2D eigenvalue weighted by molar-refractivity contribution is 5.88. The van der Waals surface area contributed by atoms with Crippen LogP contribution in [0.2, 0.25) is 0 Å². The predicted molar refractivity (Wildman–Crippen MR) is 94.2 cm³/mol. The first-order valence-electron chi connectivity index (χ1n) is 8.30. The highest BCUT2D eigenvalue weighted by atomic mass is 16.7. The summed E-state index contributed by atoms with van der Waals surface area (Å²) in [6.45, 7) is 5.30. The Bertz CT molecular complexity index is 632. The summed E-state index contributed by atoms with van der Waals surface area (Å²) in [7, 11) is 0. The normalized spacial score (nSPS) is 12.1. The molecule has 0 bridgehead atoms. The third-order valence-corrected chi connectivity index (χ3v) is 3.80. The topological polar surface area (TPSA) is 55.8 Å². The van der Waals surface area contributed by atoms with E-state index in [9.17, 15) is 4.79 Å². The zero-order valence-corrected chi connectivity index (χ0v) is 14.2. The van der Waals surface area contributed by atoms with Crippen molar-refractivity contribution in [1.29, 1.82) is 0 Å². The summed E-state index contributed by atoms with van der Waals surface area (Å²) in [6, 6.07) is 15.1. The zero-order valence-electron chi connectivity index (χ0n) is 14.2. The van der Waals surface area contributed by atoms with Gasteiger partial charge in [0.1, 0.15) is 0 Å². The van der Waals surface area contributed by atoms with Gasteiger partial charge in [0.15, 0.2) is 6.29 Å². The molecule has 4 heteroatoms. The molecule has 0 fully saturated rings. The minimum atomic E-state index is -0.908. The van der Waals surface area contributed by atoms with Crippen LogP contribution in [0.4, 0.5) is 0 Å². The van der Waals surface area contributed by atoms with Crippen molar-refractivity contribution in [3.63, 3.8) is 0 Å². The van der Waals surface area contributed by atoms with E-state index in [1.807, 2.05) is 38.1 Å². The van der Waals surface area contributed by atoms with Crippen LogP contribution in [0.15, 0.2) is 48.5 Å². The molecule has 0 aliphatic heterocycles. The largest absolute Gasteiger partial charge is 0.478 e. The molecule has 1 N–H and O–H groups in total. The molecule has 1 unspecified atom stereocenters. The number of benzene rings is 2. The van der Waals surface area contributed by atoms with Crippen LogP contribution in [0.3, 0.4) is 0 Å². The Morgan fingerprint density at radius 1 is 0.958 bits per heavy atom. The third kappa shape index (κ3) is 5.18. The van der Waals surface area contributed by atoms with Crippen LogP contribution < -0.4 is 0 Å². The van der Waals surface area contributed by atoms with E-state index in [-0.39, 0.29) is 6.29 Å². The van der Waals surface area contributed by atoms with Gasteiger partial charge in [-0.05, 0) is 48.6 Å². The highest BCUT2D eigenvalue weighted by Gasteiger charge is 2.06. The van der Waals surface area contributed by atoms with E-state index >= 15 is 0 Å². The zero-order chi connectivity index (χ0) is 17.4. The molecule has 0 saturated carbocycles. The molecule has 0 heterocycles. The van der Waals surface area contributed by atoms with Crippen LogP contribution in [0, 0.1) is 0 Å². The maximum Gasteiger partial charge on any atom is 0.335 e. The van der Waals surface area contributed by atoms with Gasteiger partial charge in [-0.1, -0.05) is 43.3 Å². The summed E-state index contributed by atoms with van der Waals surface area (Å²) in [6.07, 6.45) is 1.56. The minimum absolute atomic E-state index is 0.123. The van der Waals surface area contributed by atoms with Crippen LogP contribution in [-0.2, 0) is 15.9 Å². The van der Waals surface area contributed by atoms with Crippen molar-refractivity contribution in [3.05, 3.63) is 59.7 Å². The van der Waals surface area contributed by atoms with E-state index < -0.39 is 5.97 Å². The van der Waals surface area contributed by atoms with Gasteiger partial charge in [0.2, 0.25) is 0 Å². The molecular formula is C20H24O4. The van der Waals surface area contributed by atoms with Crippen LogP contribution in [0.1, 0.15) is 36.2 Å². The molecule has 0 saturated heterocycles. The molecule has 2 rings (SSSR count). The molecule has 4 nitrogen and oxygen atoms in total. The summed E-state index contributed by atoms with van der Waals surface area (Å²) < 4.78 is 11.2. The number of carboxylic acid groups (broad SMARTS) is 1. The number of hydrogen-bond acceptors (Lipinski definition) is 3. The molecule has 2 aromatic carbocycles. The first-order chi connectivity index (χ1) is 11.6. The fourth-order valence-corrected chi connectivity index (χ4v) is 2.45. The highest BCUT2D eigenvalue weighted by Crippen LogP contribution is 2.20. The number of ether oxygens (including phenoxy) is 2. The van der Waals surface area contributed by atoms with Crippen molar-refractivity contribution in [3.8, 4) is 11.1 Å². The van der Waals surface area contributed by atoms with Crippen molar-refractivity contribution in [2.24, 2.45) is 0 Å². The number of hydrogen-bond donors (Lipinski definition) is 1. The van der Waals surface area contributed by atoms with Crippen LogP contribution in [0.25, 0.3) is 11.1 Å². The maximum atomic E-state index is 10.9. The van der Waals surface area contributed by atoms with Gasteiger partial charge in [-0.25, -0.2) is 4.79 Å². The van der Waals surface area contributed by atoms with Crippen molar-refractivity contribution < 1.29 is 19.4 Å². The molecule has 0 spiro atoms. The Kier molecular flexibility index (Phi) is 6.97. The Balaban J connectivity index is 1.91. The molecule has 2 aromatic rings. The Labute approximate surface area is 143 Å². The lowest BCUT2D eigenvalue weighted by atomic mass is 10.0. The Hall–Kier alpha value is -2.17. The minimum Gasteiger partial charge on any atom is -0.478 e. The van der Waals surface area contributed by atoms with E-state index in [1.54, 1.807) is 12.1 Å². The van der Waals surface area contributed by atoms with E-state index in [2.05, 4.69) is 12.1 Å². The quantitative estimate of drug-likeness (QED) is 0.694. The lowest BCUT2D eigenvalue weighted by Crippen LogP contribution is -2.17. The molecule has 1 atom stereocenters. The van der Waals surface area contributed by atoms with E-state index in [4.69, 9.17) is 14.6 Å². The average Bonchev–Trinajstić information content (AvgIpc) is 2.61. The van der Waals surface area contributed by atoms with Crippen LogP contribution in [-0.4, -0.2) is 30.6 Å². The first-order valence-corrected chi connectivity index (χ1v) is 8.30. The molecule has 0 aromatic heterocycles. The lowest BCUT2D eigenvalue weighted by Gasteiger charge is -2.15. The van der Waals surface area contributed by atoms with Gasteiger partial charge in [-0.15, -0.1) is 0 Å². The fourth-order valence-electron chi connectivity index (χ4n) is 2.45.